The van der Waals surface area contributed by atoms with Crippen molar-refractivity contribution >= 4 is 22.6 Å². The van der Waals surface area contributed by atoms with E-state index in [1.165, 1.54) is 12.8 Å². The van der Waals surface area contributed by atoms with E-state index in [-0.39, 0.29) is 0 Å². The molecule has 0 aromatic rings. The third-order valence-electron chi connectivity index (χ3n) is 1.71. The Hall–Kier alpha value is 0.690. The highest BCUT2D eigenvalue weighted by Gasteiger charge is 2.09. The average Bonchev–Trinajstić information content (AvgIpc) is 1.82. The molecule has 2 unspecified atom stereocenters. The molecule has 0 saturated carbocycles. The Morgan fingerprint density at radius 2 is 2.11 bits per heavy atom. The Morgan fingerprint density at radius 3 is 2.22 bits per heavy atom. The van der Waals surface area contributed by atoms with Gasteiger partial charge in [0.2, 0.25) is 0 Å². The third-order valence-corrected chi connectivity index (χ3v) is 2.73. The first-order chi connectivity index (χ1) is 4.22. The van der Waals surface area contributed by atoms with Crippen molar-refractivity contribution in [2.24, 2.45) is 11.7 Å². The monoisotopic (exact) mass is 241 g/mol. The van der Waals surface area contributed by atoms with E-state index in [9.17, 15) is 0 Å². The summed E-state index contributed by atoms with van der Waals surface area (Å²) in [7, 11) is 0. The predicted molar refractivity (Wildman–Crippen MR) is 50.9 cm³/mol. The zero-order chi connectivity index (χ0) is 7.28. The van der Waals surface area contributed by atoms with Gasteiger partial charge in [-0.1, -0.05) is 42.9 Å². The minimum atomic E-state index is 0.774. The van der Waals surface area contributed by atoms with E-state index >= 15 is 0 Å². The number of rotatable bonds is 4. The quantitative estimate of drug-likeness (QED) is 0.592. The van der Waals surface area contributed by atoms with Crippen LogP contribution in [0.2, 0.25) is 0 Å². The van der Waals surface area contributed by atoms with Crippen LogP contribution in [0, 0.1) is 5.92 Å². The summed E-state index contributed by atoms with van der Waals surface area (Å²) in [5, 5.41) is 0. The van der Waals surface area contributed by atoms with Gasteiger partial charge in [-0.15, -0.1) is 0 Å². The van der Waals surface area contributed by atoms with Crippen LogP contribution in [0.15, 0.2) is 0 Å². The number of hydrogen-bond acceptors (Lipinski definition) is 1. The van der Waals surface area contributed by atoms with Crippen molar-refractivity contribution in [1.29, 1.82) is 0 Å². The average molecular weight is 241 g/mol. The van der Waals surface area contributed by atoms with Crippen molar-refractivity contribution in [3.63, 3.8) is 0 Å². The minimum Gasteiger partial charge on any atom is -0.330 e. The molecule has 0 spiro atoms. The summed E-state index contributed by atoms with van der Waals surface area (Å²) in [6.07, 6.45) is 2.45. The van der Waals surface area contributed by atoms with Crippen LogP contribution in [0.4, 0.5) is 0 Å². The van der Waals surface area contributed by atoms with Crippen molar-refractivity contribution < 1.29 is 0 Å². The second kappa shape index (κ2) is 5.47. The zero-order valence-corrected chi connectivity index (χ0v) is 8.39. The van der Waals surface area contributed by atoms with Crippen molar-refractivity contribution in [2.75, 3.05) is 6.54 Å². The van der Waals surface area contributed by atoms with E-state index in [0.29, 0.717) is 0 Å². The molecule has 0 rings (SSSR count). The highest BCUT2D eigenvalue weighted by Crippen LogP contribution is 2.19. The lowest BCUT2D eigenvalue weighted by Crippen LogP contribution is -2.14. The van der Waals surface area contributed by atoms with E-state index in [2.05, 4.69) is 36.4 Å². The van der Waals surface area contributed by atoms with Gasteiger partial charge in [0.1, 0.15) is 0 Å². The first-order valence-corrected chi connectivity index (χ1v) is 4.81. The molecule has 2 heteroatoms. The molecule has 0 aliphatic rings. The summed E-state index contributed by atoms with van der Waals surface area (Å²) in [6.45, 7) is 5.33. The zero-order valence-electron chi connectivity index (χ0n) is 6.23. The van der Waals surface area contributed by atoms with Crippen molar-refractivity contribution in [3.05, 3.63) is 0 Å². The van der Waals surface area contributed by atoms with Gasteiger partial charge in [-0.05, 0) is 18.9 Å². The van der Waals surface area contributed by atoms with Crippen LogP contribution in [0.1, 0.15) is 26.7 Å². The maximum Gasteiger partial charge on any atom is 0.0110 e. The Labute approximate surface area is 71.5 Å². The van der Waals surface area contributed by atoms with E-state index in [4.69, 9.17) is 5.73 Å². The molecule has 0 aliphatic heterocycles. The summed E-state index contributed by atoms with van der Waals surface area (Å²) in [5.41, 5.74) is 5.44. The summed E-state index contributed by atoms with van der Waals surface area (Å²) in [4.78, 5) is 0. The summed E-state index contributed by atoms with van der Waals surface area (Å²) < 4.78 is 0.774. The van der Waals surface area contributed by atoms with Gasteiger partial charge in [-0.2, -0.15) is 0 Å². The summed E-state index contributed by atoms with van der Waals surface area (Å²) in [6, 6.07) is 0. The molecule has 0 aromatic carbocycles. The molecular formula is C7H16IN. The molecule has 0 fully saturated rings. The Morgan fingerprint density at radius 1 is 1.56 bits per heavy atom. The van der Waals surface area contributed by atoms with Crippen molar-refractivity contribution in [3.8, 4) is 0 Å². The summed E-state index contributed by atoms with van der Waals surface area (Å²) >= 11 is 2.47. The highest BCUT2D eigenvalue weighted by atomic mass is 127. The van der Waals surface area contributed by atoms with Gasteiger partial charge in [-0.3, -0.25) is 0 Å². The molecule has 0 saturated heterocycles. The van der Waals surface area contributed by atoms with Gasteiger partial charge in [0, 0.05) is 3.92 Å². The largest absolute Gasteiger partial charge is 0.330 e. The first kappa shape index (κ1) is 9.69. The topological polar surface area (TPSA) is 26.0 Å². The normalized spacial score (nSPS) is 17.3. The van der Waals surface area contributed by atoms with Crippen LogP contribution in [0.25, 0.3) is 0 Å². The van der Waals surface area contributed by atoms with Gasteiger partial charge in [0.25, 0.3) is 0 Å². The molecule has 9 heavy (non-hydrogen) atoms. The second-order valence-corrected chi connectivity index (χ2v) is 4.39. The van der Waals surface area contributed by atoms with Crippen LogP contribution in [-0.4, -0.2) is 10.5 Å². The van der Waals surface area contributed by atoms with Crippen LogP contribution >= 0.6 is 22.6 Å². The molecule has 0 bridgehead atoms. The number of nitrogens with two attached hydrogens (primary N) is 1. The fourth-order valence-corrected chi connectivity index (χ4v) is 1.84. The second-order valence-electron chi connectivity index (χ2n) is 2.42. The Balaban J connectivity index is 3.41. The molecule has 0 aromatic heterocycles. The van der Waals surface area contributed by atoms with Crippen LogP contribution < -0.4 is 5.73 Å². The molecule has 2 N–H and O–H groups in total. The predicted octanol–water partition coefficient (Wildman–Crippen LogP) is 2.18. The highest BCUT2D eigenvalue weighted by molar-refractivity contribution is 14.1. The number of halogens is 1. The van der Waals surface area contributed by atoms with Gasteiger partial charge < -0.3 is 5.73 Å². The molecule has 1 nitrogen and oxygen atoms in total. The molecule has 2 atom stereocenters. The van der Waals surface area contributed by atoms with Crippen LogP contribution in [0.5, 0.6) is 0 Å². The van der Waals surface area contributed by atoms with Gasteiger partial charge in [-0.25, -0.2) is 0 Å². The maximum absolute atomic E-state index is 5.44. The van der Waals surface area contributed by atoms with E-state index in [1.54, 1.807) is 0 Å². The smallest absolute Gasteiger partial charge is 0.0110 e. The van der Waals surface area contributed by atoms with Gasteiger partial charge in [0.05, 0.1) is 0 Å². The fourth-order valence-electron chi connectivity index (χ4n) is 0.973. The molecule has 0 radical (unpaired) electrons. The SMILES string of the molecule is CCC(CCN)C(C)I. The minimum absolute atomic E-state index is 0.774. The van der Waals surface area contributed by atoms with E-state index in [0.717, 1.165) is 16.4 Å². The van der Waals surface area contributed by atoms with Gasteiger partial charge in [0.15, 0.2) is 0 Å². The lowest BCUT2D eigenvalue weighted by Gasteiger charge is -2.15. The Bertz CT molecular complexity index is 63.9. The standard InChI is InChI=1S/C7H16IN/c1-3-7(4-5-9)6(2)8/h6-7H,3-5,9H2,1-2H3. The van der Waals surface area contributed by atoms with E-state index < -0.39 is 0 Å². The van der Waals surface area contributed by atoms with E-state index in [1.807, 2.05) is 0 Å². The lowest BCUT2D eigenvalue weighted by atomic mass is 10.00. The maximum atomic E-state index is 5.44. The number of alkyl halides is 1. The third kappa shape index (κ3) is 4.14. The lowest BCUT2D eigenvalue weighted by molar-refractivity contribution is 0.485. The Kier molecular flexibility index (Phi) is 5.89. The first-order valence-electron chi connectivity index (χ1n) is 3.56. The summed E-state index contributed by atoms with van der Waals surface area (Å²) in [5.74, 6) is 0.829. The van der Waals surface area contributed by atoms with Gasteiger partial charge >= 0.3 is 0 Å². The molecule has 0 aliphatic carbocycles. The molecule has 56 valence electrons. The van der Waals surface area contributed by atoms with Crippen molar-refractivity contribution in [1.82, 2.24) is 0 Å². The molecular weight excluding hydrogens is 225 g/mol. The fraction of sp³-hybridized carbons (Fsp3) is 1.00. The van der Waals surface area contributed by atoms with Crippen molar-refractivity contribution in [2.45, 2.75) is 30.6 Å². The number of hydrogen-bond donors (Lipinski definition) is 1. The molecule has 0 amide bonds. The van der Waals surface area contributed by atoms with Crippen LogP contribution in [0.3, 0.4) is 0 Å². The van der Waals surface area contributed by atoms with Crippen LogP contribution in [-0.2, 0) is 0 Å². The molecule has 0 heterocycles.